The van der Waals surface area contributed by atoms with Crippen LogP contribution in [0.3, 0.4) is 0 Å². The number of aliphatic hydroxyl groups is 2. The van der Waals surface area contributed by atoms with E-state index >= 15 is 0 Å². The predicted molar refractivity (Wildman–Crippen MR) is 126 cm³/mol. The molecule has 0 spiro atoms. The number of aliphatic carboxylic acids is 1. The van der Waals surface area contributed by atoms with E-state index in [0.717, 1.165) is 50.7 Å². The first-order chi connectivity index (χ1) is 16.1. The van der Waals surface area contributed by atoms with Crippen LogP contribution in [-0.4, -0.2) is 57.8 Å². The van der Waals surface area contributed by atoms with Crippen LogP contribution in [0.1, 0.15) is 65.2 Å². The molecule has 0 aliphatic heterocycles. The maximum atomic E-state index is 11.9. The standard InChI is InChI=1S/C26H36N2O6/c1-4-26(33)12-9-20-18-6-5-16-13-17(28-34-15-22(30)27-21(14-29)23(31)32)7-10-24(16,2)19(18)8-11-25(20,26)3/h1,13,18-21,29,33H,5-12,14-15H2,2-3H3,(H,27,30)(H,31,32)/t18-,19+,20+,21-,24+,25+,26-/m1/s1. The highest BCUT2D eigenvalue weighted by molar-refractivity contribution is 5.96. The van der Waals surface area contributed by atoms with Gasteiger partial charge in [-0.15, -0.1) is 6.42 Å². The molecule has 7 atom stereocenters. The van der Waals surface area contributed by atoms with E-state index in [-0.39, 0.29) is 10.8 Å². The van der Waals surface area contributed by atoms with Crippen LogP contribution in [0.25, 0.3) is 0 Å². The van der Waals surface area contributed by atoms with E-state index in [1.807, 2.05) is 0 Å². The lowest BCUT2D eigenvalue weighted by Gasteiger charge is -2.58. The van der Waals surface area contributed by atoms with E-state index in [9.17, 15) is 14.7 Å². The summed E-state index contributed by atoms with van der Waals surface area (Å²) in [5.74, 6) is 2.37. The van der Waals surface area contributed by atoms with Gasteiger partial charge in [0.15, 0.2) is 6.61 Å². The Kier molecular flexibility index (Phi) is 6.56. The van der Waals surface area contributed by atoms with Crippen LogP contribution in [0.15, 0.2) is 16.8 Å². The molecule has 0 aromatic heterocycles. The SMILES string of the molecule is C#C[C@@]1(O)CC[C@H]2[C@@H]3CCC4=CC(=NOCC(=O)N[C@H](CO)C(=O)O)CC[C@]4(C)[C@H]3CC[C@@]21C. The fourth-order valence-electron chi connectivity index (χ4n) is 7.49. The molecule has 8 heteroatoms. The molecule has 4 aliphatic carbocycles. The number of oxime groups is 1. The number of terminal acetylenes is 1. The van der Waals surface area contributed by atoms with Crippen molar-refractivity contribution in [2.75, 3.05) is 13.2 Å². The lowest BCUT2D eigenvalue weighted by Crippen LogP contribution is -2.54. The number of hydrogen-bond donors (Lipinski definition) is 4. The third-order valence-electron chi connectivity index (χ3n) is 9.56. The smallest absolute Gasteiger partial charge is 0.328 e. The van der Waals surface area contributed by atoms with Crippen molar-refractivity contribution in [1.82, 2.24) is 5.32 Å². The number of rotatable bonds is 6. The third-order valence-corrected chi connectivity index (χ3v) is 9.56. The summed E-state index contributed by atoms with van der Waals surface area (Å²) in [7, 11) is 0. The van der Waals surface area contributed by atoms with Crippen LogP contribution < -0.4 is 5.32 Å². The van der Waals surface area contributed by atoms with Gasteiger partial charge in [-0.05, 0) is 80.6 Å². The lowest BCUT2D eigenvalue weighted by molar-refractivity contribution is -0.143. The molecule has 4 rings (SSSR count). The molecule has 4 N–H and O–H groups in total. The summed E-state index contributed by atoms with van der Waals surface area (Å²) < 4.78 is 0. The molecule has 0 unspecified atom stereocenters. The van der Waals surface area contributed by atoms with Gasteiger partial charge in [-0.2, -0.15) is 0 Å². The van der Waals surface area contributed by atoms with E-state index in [2.05, 4.69) is 36.3 Å². The minimum Gasteiger partial charge on any atom is -0.480 e. The number of carbonyl (C=O) groups excluding carboxylic acids is 1. The summed E-state index contributed by atoms with van der Waals surface area (Å²) in [6.07, 6.45) is 15.4. The van der Waals surface area contributed by atoms with Crippen LogP contribution in [0.2, 0.25) is 0 Å². The van der Waals surface area contributed by atoms with Gasteiger partial charge in [0.05, 0.1) is 12.3 Å². The third kappa shape index (κ3) is 3.93. The first-order valence-electron chi connectivity index (χ1n) is 12.3. The fraction of sp³-hybridized carbons (Fsp3) is 0.731. The number of fused-ring (bicyclic) bond motifs is 5. The molecular formula is C26H36N2O6. The number of aliphatic hydroxyl groups excluding tert-OH is 1. The van der Waals surface area contributed by atoms with Crippen molar-refractivity contribution >= 4 is 17.6 Å². The highest BCUT2D eigenvalue weighted by Crippen LogP contribution is 2.67. The number of amides is 1. The second kappa shape index (κ2) is 9.01. The Balaban J connectivity index is 1.42. The monoisotopic (exact) mass is 472 g/mol. The number of hydrogen-bond acceptors (Lipinski definition) is 6. The molecule has 1 amide bonds. The van der Waals surface area contributed by atoms with Crippen LogP contribution in [0, 0.1) is 40.9 Å². The number of allylic oxidation sites excluding steroid dienone is 2. The minimum absolute atomic E-state index is 0.0906. The van der Waals surface area contributed by atoms with Gasteiger partial charge < -0.3 is 25.5 Å². The minimum atomic E-state index is -1.36. The average molecular weight is 473 g/mol. The van der Waals surface area contributed by atoms with Crippen LogP contribution in [-0.2, 0) is 14.4 Å². The zero-order valence-corrected chi connectivity index (χ0v) is 20.0. The Morgan fingerprint density at radius 1 is 1.24 bits per heavy atom. The quantitative estimate of drug-likeness (QED) is 0.347. The highest BCUT2D eigenvalue weighted by atomic mass is 16.6. The molecule has 3 fully saturated rings. The molecule has 0 aromatic rings. The largest absolute Gasteiger partial charge is 0.480 e. The fourth-order valence-corrected chi connectivity index (χ4v) is 7.49. The van der Waals surface area contributed by atoms with Crippen LogP contribution >= 0.6 is 0 Å². The van der Waals surface area contributed by atoms with Crippen molar-refractivity contribution in [2.24, 2.45) is 33.7 Å². The van der Waals surface area contributed by atoms with Crippen molar-refractivity contribution < 1.29 is 29.7 Å². The van der Waals surface area contributed by atoms with Gasteiger partial charge in [-0.25, -0.2) is 4.79 Å². The summed E-state index contributed by atoms with van der Waals surface area (Å²) in [4.78, 5) is 28.0. The van der Waals surface area contributed by atoms with Gasteiger partial charge in [0.1, 0.15) is 11.6 Å². The molecule has 3 saturated carbocycles. The van der Waals surface area contributed by atoms with E-state index in [1.54, 1.807) is 0 Å². The lowest BCUT2D eigenvalue weighted by atomic mass is 9.46. The zero-order valence-electron chi connectivity index (χ0n) is 20.0. The van der Waals surface area contributed by atoms with Gasteiger partial charge in [0, 0.05) is 5.41 Å². The van der Waals surface area contributed by atoms with Gasteiger partial charge in [-0.3, -0.25) is 4.79 Å². The van der Waals surface area contributed by atoms with E-state index in [0.29, 0.717) is 24.2 Å². The van der Waals surface area contributed by atoms with Crippen molar-refractivity contribution in [1.29, 1.82) is 0 Å². The Labute approximate surface area is 200 Å². The first-order valence-corrected chi connectivity index (χ1v) is 12.3. The molecule has 0 radical (unpaired) electrons. The maximum absolute atomic E-state index is 11.9. The number of carbonyl (C=O) groups is 2. The summed E-state index contributed by atoms with van der Waals surface area (Å²) >= 11 is 0. The summed E-state index contributed by atoms with van der Waals surface area (Å²) in [5, 5.41) is 35.4. The molecule has 0 saturated heterocycles. The number of nitrogens with zero attached hydrogens (tertiary/aromatic N) is 1. The van der Waals surface area contributed by atoms with Crippen LogP contribution in [0.5, 0.6) is 0 Å². The second-order valence-electron chi connectivity index (χ2n) is 11.0. The molecule has 34 heavy (non-hydrogen) atoms. The van der Waals surface area contributed by atoms with Gasteiger partial charge in [0.25, 0.3) is 5.91 Å². The van der Waals surface area contributed by atoms with E-state index in [4.69, 9.17) is 21.5 Å². The van der Waals surface area contributed by atoms with E-state index < -0.39 is 36.7 Å². The Bertz CT molecular complexity index is 953. The molecular weight excluding hydrogens is 436 g/mol. The average Bonchev–Trinajstić information content (AvgIpc) is 3.08. The van der Waals surface area contributed by atoms with Gasteiger partial charge in [0.2, 0.25) is 0 Å². The molecule has 0 bridgehead atoms. The molecule has 186 valence electrons. The highest BCUT2D eigenvalue weighted by Gasteiger charge is 2.63. The Morgan fingerprint density at radius 3 is 2.65 bits per heavy atom. The van der Waals surface area contributed by atoms with Crippen molar-refractivity contribution in [3.8, 4) is 12.3 Å². The maximum Gasteiger partial charge on any atom is 0.328 e. The molecule has 0 heterocycles. The van der Waals surface area contributed by atoms with Gasteiger partial charge in [-0.1, -0.05) is 30.5 Å². The predicted octanol–water partition coefficient (Wildman–Crippen LogP) is 2.25. The molecule has 0 aromatic carbocycles. The number of carboxylic acid groups (broad SMARTS) is 1. The second-order valence-corrected chi connectivity index (χ2v) is 11.0. The Hall–Kier alpha value is -2.37. The topological polar surface area (TPSA) is 128 Å². The first kappa shape index (κ1) is 24.7. The summed E-state index contributed by atoms with van der Waals surface area (Å²) in [5.41, 5.74) is 1.07. The van der Waals surface area contributed by atoms with E-state index in [1.165, 1.54) is 5.57 Å². The molecule has 4 aliphatic rings. The van der Waals surface area contributed by atoms with Gasteiger partial charge >= 0.3 is 5.97 Å². The number of carboxylic acids is 1. The molecule has 8 nitrogen and oxygen atoms in total. The van der Waals surface area contributed by atoms with Crippen molar-refractivity contribution in [3.05, 3.63) is 11.6 Å². The van der Waals surface area contributed by atoms with Crippen molar-refractivity contribution in [2.45, 2.75) is 76.9 Å². The normalized spacial score (nSPS) is 40.7. The summed E-state index contributed by atoms with van der Waals surface area (Å²) in [6, 6.07) is -1.36. The number of nitrogens with one attached hydrogen (secondary N) is 1. The van der Waals surface area contributed by atoms with Crippen LogP contribution in [0.4, 0.5) is 0 Å². The summed E-state index contributed by atoms with van der Waals surface area (Å²) in [6.45, 7) is 3.47. The zero-order chi connectivity index (χ0) is 24.7. The van der Waals surface area contributed by atoms with Crippen molar-refractivity contribution in [3.63, 3.8) is 0 Å². The Morgan fingerprint density at radius 2 is 1.97 bits per heavy atom.